The maximum atomic E-state index is 11.6. The quantitative estimate of drug-likeness (QED) is 0.503. The van der Waals surface area contributed by atoms with Crippen molar-refractivity contribution in [2.45, 2.75) is 18.9 Å². The van der Waals surface area contributed by atoms with E-state index in [4.69, 9.17) is 10.8 Å². The van der Waals surface area contributed by atoms with Crippen molar-refractivity contribution in [3.63, 3.8) is 0 Å². The molecule has 0 aliphatic rings. The average molecular weight is 313 g/mol. The number of nitrogens with two attached hydrogens (primary N) is 1. The minimum atomic E-state index is -1.36. The van der Waals surface area contributed by atoms with E-state index in [2.05, 4.69) is 10.6 Å². The molecule has 3 amide bonds. The topological polar surface area (TPSA) is 139 Å². The lowest BCUT2D eigenvalue weighted by atomic mass is 10.2. The number of carboxylic acids is 1. The van der Waals surface area contributed by atoms with Gasteiger partial charge in [0.25, 0.3) is 5.91 Å². The van der Waals surface area contributed by atoms with Gasteiger partial charge in [-0.2, -0.15) is 11.3 Å². The molecule has 1 atom stereocenters. The molecule has 0 radical (unpaired) electrons. The van der Waals surface area contributed by atoms with Crippen molar-refractivity contribution in [1.82, 2.24) is 10.6 Å². The molecule has 1 rings (SSSR count). The second-order valence-electron chi connectivity index (χ2n) is 4.15. The van der Waals surface area contributed by atoms with E-state index in [-0.39, 0.29) is 18.9 Å². The molecule has 0 aliphatic heterocycles. The minimum Gasteiger partial charge on any atom is -0.480 e. The third kappa shape index (κ3) is 6.04. The van der Waals surface area contributed by atoms with E-state index in [0.717, 1.165) is 0 Å². The van der Waals surface area contributed by atoms with Gasteiger partial charge in [-0.15, -0.1) is 0 Å². The van der Waals surface area contributed by atoms with Crippen LogP contribution in [-0.2, 0) is 14.4 Å². The fraction of sp³-hybridized carbons (Fsp3) is 0.333. The lowest BCUT2D eigenvalue weighted by molar-refractivity contribution is -0.143. The molecule has 0 spiro atoms. The highest BCUT2D eigenvalue weighted by Crippen LogP contribution is 2.05. The van der Waals surface area contributed by atoms with E-state index in [1.807, 2.05) is 0 Å². The number of carbonyl (C=O) groups is 4. The van der Waals surface area contributed by atoms with E-state index < -0.39 is 30.2 Å². The molecular formula is C12H15N3O5S. The van der Waals surface area contributed by atoms with Gasteiger partial charge >= 0.3 is 5.97 Å². The summed E-state index contributed by atoms with van der Waals surface area (Å²) >= 11 is 1.38. The van der Waals surface area contributed by atoms with Crippen LogP contribution in [0.25, 0.3) is 0 Å². The summed E-state index contributed by atoms with van der Waals surface area (Å²) in [6, 6.07) is 0.287. The molecule has 0 bridgehead atoms. The Hall–Kier alpha value is -2.42. The zero-order valence-corrected chi connectivity index (χ0v) is 11.8. The summed E-state index contributed by atoms with van der Waals surface area (Å²) in [5.41, 5.74) is 5.39. The normalized spacial score (nSPS) is 11.4. The first-order chi connectivity index (χ1) is 9.90. The van der Waals surface area contributed by atoms with Crippen molar-refractivity contribution in [3.8, 4) is 0 Å². The molecule has 5 N–H and O–H groups in total. The predicted octanol–water partition coefficient (Wildman–Crippen LogP) is -0.687. The summed E-state index contributed by atoms with van der Waals surface area (Å²) in [7, 11) is 0. The fourth-order valence-corrected chi connectivity index (χ4v) is 2.09. The number of carboxylic acid groups (broad SMARTS) is 1. The molecule has 0 saturated carbocycles. The lowest BCUT2D eigenvalue weighted by Gasteiger charge is -2.12. The largest absolute Gasteiger partial charge is 0.480 e. The zero-order chi connectivity index (χ0) is 15.8. The van der Waals surface area contributed by atoms with Crippen LogP contribution in [0.2, 0.25) is 0 Å². The van der Waals surface area contributed by atoms with Crippen LogP contribution < -0.4 is 16.4 Å². The van der Waals surface area contributed by atoms with Crippen LogP contribution in [-0.4, -0.2) is 41.4 Å². The Balaban J connectivity index is 2.34. The van der Waals surface area contributed by atoms with Gasteiger partial charge < -0.3 is 21.5 Å². The first kappa shape index (κ1) is 16.6. The molecule has 0 aliphatic carbocycles. The smallest absolute Gasteiger partial charge is 0.326 e. The molecule has 114 valence electrons. The van der Waals surface area contributed by atoms with Gasteiger partial charge in [0.05, 0.1) is 6.42 Å². The molecule has 0 fully saturated rings. The van der Waals surface area contributed by atoms with Crippen LogP contribution >= 0.6 is 11.3 Å². The Bertz CT molecular complexity index is 529. The van der Waals surface area contributed by atoms with Crippen molar-refractivity contribution in [3.05, 3.63) is 22.4 Å². The highest BCUT2D eigenvalue weighted by atomic mass is 32.1. The zero-order valence-electron chi connectivity index (χ0n) is 11.0. The fourth-order valence-electron chi connectivity index (χ4n) is 1.45. The number of hydrogen-bond donors (Lipinski definition) is 4. The number of thiophene rings is 1. The molecular weight excluding hydrogens is 298 g/mol. The van der Waals surface area contributed by atoms with Gasteiger partial charge in [-0.25, -0.2) is 4.79 Å². The van der Waals surface area contributed by atoms with Gasteiger partial charge in [-0.3, -0.25) is 14.4 Å². The minimum absolute atomic E-state index is 0.0590. The van der Waals surface area contributed by atoms with Crippen LogP contribution in [0.5, 0.6) is 0 Å². The average Bonchev–Trinajstić information content (AvgIpc) is 2.91. The molecule has 1 heterocycles. The Morgan fingerprint density at radius 3 is 2.57 bits per heavy atom. The van der Waals surface area contributed by atoms with E-state index in [9.17, 15) is 19.2 Å². The van der Waals surface area contributed by atoms with Crippen molar-refractivity contribution in [2.24, 2.45) is 5.73 Å². The molecule has 0 aromatic carbocycles. The number of aliphatic carboxylic acids is 1. The molecule has 0 saturated heterocycles. The van der Waals surface area contributed by atoms with Crippen LogP contribution in [0, 0.1) is 0 Å². The standard InChI is InChI=1S/C12H15N3O5S/c13-9(16)5-8(12(19)20)15-10(17)1-3-14-11(18)7-2-4-21-6-7/h2,4,6,8H,1,3,5H2,(H2,13,16)(H,14,18)(H,15,17)(H,19,20)/t8-/m0/s1. The number of rotatable bonds is 8. The van der Waals surface area contributed by atoms with Gasteiger partial charge in [0, 0.05) is 23.9 Å². The highest BCUT2D eigenvalue weighted by molar-refractivity contribution is 7.08. The van der Waals surface area contributed by atoms with Gasteiger partial charge in [0.2, 0.25) is 11.8 Å². The van der Waals surface area contributed by atoms with Crippen molar-refractivity contribution >= 4 is 35.0 Å². The Morgan fingerprint density at radius 1 is 1.33 bits per heavy atom. The maximum absolute atomic E-state index is 11.6. The van der Waals surface area contributed by atoms with Gasteiger partial charge in [-0.1, -0.05) is 0 Å². The number of primary amides is 1. The summed E-state index contributed by atoms with van der Waals surface area (Å²) in [5, 5.41) is 16.9. The van der Waals surface area contributed by atoms with Crippen LogP contribution in [0.1, 0.15) is 23.2 Å². The second kappa shape index (κ2) is 8.00. The van der Waals surface area contributed by atoms with Gasteiger partial charge in [0.1, 0.15) is 6.04 Å². The SMILES string of the molecule is NC(=O)C[C@H](NC(=O)CCNC(=O)c1ccsc1)C(=O)O. The molecule has 8 nitrogen and oxygen atoms in total. The van der Waals surface area contributed by atoms with E-state index in [0.29, 0.717) is 5.56 Å². The molecule has 1 aromatic rings. The summed E-state index contributed by atoms with van der Waals surface area (Å²) < 4.78 is 0. The Morgan fingerprint density at radius 2 is 2.05 bits per heavy atom. The van der Waals surface area contributed by atoms with Gasteiger partial charge in [-0.05, 0) is 11.4 Å². The first-order valence-corrected chi connectivity index (χ1v) is 6.95. The van der Waals surface area contributed by atoms with Crippen LogP contribution in [0.15, 0.2) is 16.8 Å². The molecule has 0 unspecified atom stereocenters. The van der Waals surface area contributed by atoms with E-state index >= 15 is 0 Å². The number of amides is 3. The summed E-state index contributed by atoms with van der Waals surface area (Å²) in [6.45, 7) is 0.0590. The predicted molar refractivity (Wildman–Crippen MR) is 74.6 cm³/mol. The van der Waals surface area contributed by atoms with Crippen molar-refractivity contribution < 1.29 is 24.3 Å². The molecule has 21 heavy (non-hydrogen) atoms. The third-order valence-corrected chi connectivity index (χ3v) is 3.14. The monoisotopic (exact) mass is 313 g/mol. The van der Waals surface area contributed by atoms with Crippen LogP contribution in [0.3, 0.4) is 0 Å². The Kier molecular flexibility index (Phi) is 6.34. The van der Waals surface area contributed by atoms with Crippen LogP contribution in [0.4, 0.5) is 0 Å². The third-order valence-electron chi connectivity index (χ3n) is 2.46. The highest BCUT2D eigenvalue weighted by Gasteiger charge is 2.21. The second-order valence-corrected chi connectivity index (χ2v) is 4.93. The summed E-state index contributed by atoms with van der Waals surface area (Å²) in [4.78, 5) is 44.6. The molecule has 9 heteroatoms. The first-order valence-electron chi connectivity index (χ1n) is 6.01. The Labute approximate surface area is 124 Å². The number of hydrogen-bond acceptors (Lipinski definition) is 5. The summed E-state index contributed by atoms with van der Waals surface area (Å²) in [6.07, 6.45) is -0.583. The maximum Gasteiger partial charge on any atom is 0.326 e. The number of nitrogens with one attached hydrogen (secondary N) is 2. The van der Waals surface area contributed by atoms with E-state index in [1.165, 1.54) is 11.3 Å². The van der Waals surface area contributed by atoms with Crippen molar-refractivity contribution in [1.29, 1.82) is 0 Å². The van der Waals surface area contributed by atoms with Gasteiger partial charge in [0.15, 0.2) is 0 Å². The molecule has 1 aromatic heterocycles. The number of carbonyl (C=O) groups excluding carboxylic acids is 3. The van der Waals surface area contributed by atoms with E-state index in [1.54, 1.807) is 16.8 Å². The van der Waals surface area contributed by atoms with Crippen molar-refractivity contribution in [2.75, 3.05) is 6.54 Å². The summed E-state index contributed by atoms with van der Waals surface area (Å²) in [5.74, 6) is -3.07. The lowest BCUT2D eigenvalue weighted by Crippen LogP contribution is -2.44.